The Morgan fingerprint density at radius 3 is 2.74 bits per heavy atom. The van der Waals surface area contributed by atoms with Gasteiger partial charge in [0, 0.05) is 37.5 Å². The van der Waals surface area contributed by atoms with Gasteiger partial charge in [0.2, 0.25) is 0 Å². The zero-order valence-corrected chi connectivity index (χ0v) is 21.2. The zero-order chi connectivity index (χ0) is 25.2. The third-order valence-corrected chi connectivity index (χ3v) is 7.65. The van der Waals surface area contributed by atoms with E-state index in [2.05, 4.69) is 10.5 Å². The molecule has 0 spiro atoms. The summed E-state index contributed by atoms with van der Waals surface area (Å²) < 4.78 is 35.3. The predicted octanol–water partition coefficient (Wildman–Crippen LogP) is 2.00. The summed E-state index contributed by atoms with van der Waals surface area (Å²) in [6.07, 6.45) is 1.20. The minimum absolute atomic E-state index is 0.149. The first-order chi connectivity index (χ1) is 16.7. The molecule has 2 unspecified atom stereocenters. The van der Waals surface area contributed by atoms with E-state index in [1.807, 2.05) is 49.1 Å². The van der Waals surface area contributed by atoms with Crippen LogP contribution in [0.2, 0.25) is 0 Å². The quantitative estimate of drug-likeness (QED) is 0.449. The molecule has 0 radical (unpaired) electrons. The van der Waals surface area contributed by atoms with Crippen molar-refractivity contribution in [2.45, 2.75) is 31.6 Å². The van der Waals surface area contributed by atoms with Gasteiger partial charge < -0.3 is 24.6 Å². The first-order valence-electron chi connectivity index (χ1n) is 11.5. The lowest BCUT2D eigenvalue weighted by Gasteiger charge is -2.19. The molecule has 2 aromatic heterocycles. The molecule has 2 N–H and O–H groups in total. The fourth-order valence-electron chi connectivity index (χ4n) is 4.20. The van der Waals surface area contributed by atoms with Gasteiger partial charge in [0.05, 0.1) is 22.2 Å². The van der Waals surface area contributed by atoms with Crippen LogP contribution >= 0.6 is 0 Å². The van der Waals surface area contributed by atoms with Crippen LogP contribution in [0.4, 0.5) is 5.82 Å². The van der Waals surface area contributed by atoms with Crippen molar-refractivity contribution in [3.8, 4) is 28.4 Å². The molecule has 3 aromatic rings. The molecule has 1 aliphatic rings. The first kappa shape index (κ1) is 25.1. The lowest BCUT2D eigenvalue weighted by Crippen LogP contribution is -2.29. The number of likely N-dealkylation sites (N-methyl/N-ethyl adjacent to an activating group) is 1. The van der Waals surface area contributed by atoms with Crippen LogP contribution in [-0.2, 0) is 9.84 Å². The number of hydrogen-bond donors (Lipinski definition) is 2. The smallest absolute Gasteiger partial charge is 0.162 e. The maximum Gasteiger partial charge on any atom is 0.162 e. The fraction of sp³-hybridized carbons (Fsp3) is 0.458. The Morgan fingerprint density at radius 2 is 2.09 bits per heavy atom. The molecule has 10 nitrogen and oxygen atoms in total. The van der Waals surface area contributed by atoms with Crippen molar-refractivity contribution in [3.63, 3.8) is 0 Å². The first-order valence-corrected chi connectivity index (χ1v) is 13.4. The van der Waals surface area contributed by atoms with E-state index in [-0.39, 0.29) is 6.61 Å². The Kier molecular flexibility index (Phi) is 7.39. The standard InChI is InChI=1S/C24H31N5O5S/c1-15-23(16(2)34-28-15)21-11-22(29-9-8-20(13-29)35(4,31)32)27-24(26-21)17-6-5-7-19(10-17)33-14-18(30)12-25-3/h5-7,10-11,18,20,25,30H,8-9,12-14H2,1-4H3. The van der Waals surface area contributed by atoms with Crippen molar-refractivity contribution in [1.29, 1.82) is 0 Å². The van der Waals surface area contributed by atoms with Gasteiger partial charge in [-0.2, -0.15) is 0 Å². The number of sulfone groups is 1. The van der Waals surface area contributed by atoms with Crippen LogP contribution in [0.25, 0.3) is 22.6 Å². The summed E-state index contributed by atoms with van der Waals surface area (Å²) >= 11 is 0. The molecule has 1 aromatic carbocycles. The highest BCUT2D eigenvalue weighted by atomic mass is 32.2. The van der Waals surface area contributed by atoms with Gasteiger partial charge in [-0.3, -0.25) is 0 Å². The van der Waals surface area contributed by atoms with E-state index in [9.17, 15) is 13.5 Å². The molecule has 0 saturated carbocycles. The summed E-state index contributed by atoms with van der Waals surface area (Å²) in [5, 5.41) is 16.5. The van der Waals surface area contributed by atoms with E-state index >= 15 is 0 Å². The molecule has 2 atom stereocenters. The molecular weight excluding hydrogens is 470 g/mol. The summed E-state index contributed by atoms with van der Waals surface area (Å²) in [5.41, 5.74) is 2.89. The molecule has 1 aliphatic heterocycles. The number of rotatable bonds is 9. The highest BCUT2D eigenvalue weighted by Crippen LogP contribution is 2.32. The number of hydrogen-bond acceptors (Lipinski definition) is 10. The Hall–Kier alpha value is -3.02. The summed E-state index contributed by atoms with van der Waals surface area (Å²) in [5.74, 6) is 2.35. The average Bonchev–Trinajstić information content (AvgIpc) is 3.45. The number of benzene rings is 1. The van der Waals surface area contributed by atoms with Crippen LogP contribution in [0.15, 0.2) is 34.9 Å². The summed E-state index contributed by atoms with van der Waals surface area (Å²) in [6.45, 7) is 5.22. The van der Waals surface area contributed by atoms with Crippen molar-refractivity contribution in [3.05, 3.63) is 41.8 Å². The number of aryl methyl sites for hydroxylation is 2. The molecule has 3 heterocycles. The van der Waals surface area contributed by atoms with Crippen LogP contribution in [-0.4, -0.2) is 79.5 Å². The predicted molar refractivity (Wildman–Crippen MR) is 133 cm³/mol. The molecule has 11 heteroatoms. The number of nitrogens with one attached hydrogen (secondary N) is 1. The number of ether oxygens (including phenoxy) is 1. The van der Waals surface area contributed by atoms with E-state index in [1.165, 1.54) is 6.26 Å². The molecule has 1 saturated heterocycles. The van der Waals surface area contributed by atoms with Gasteiger partial charge in [0.15, 0.2) is 15.7 Å². The largest absolute Gasteiger partial charge is 0.491 e. The molecular formula is C24H31N5O5S. The third-order valence-electron chi connectivity index (χ3n) is 6.05. The van der Waals surface area contributed by atoms with E-state index in [4.69, 9.17) is 19.2 Å². The summed E-state index contributed by atoms with van der Waals surface area (Å²) in [4.78, 5) is 11.6. The molecule has 1 fully saturated rings. The Bertz CT molecular complexity index is 1270. The Labute approximate surface area is 205 Å². The minimum atomic E-state index is -3.15. The highest BCUT2D eigenvalue weighted by Gasteiger charge is 2.31. The number of nitrogens with zero attached hydrogens (tertiary/aromatic N) is 4. The summed E-state index contributed by atoms with van der Waals surface area (Å²) in [7, 11) is -1.38. The van der Waals surface area contributed by atoms with E-state index in [1.54, 1.807) is 7.05 Å². The van der Waals surface area contributed by atoms with Crippen molar-refractivity contribution < 1.29 is 22.8 Å². The molecule has 0 aliphatic carbocycles. The summed E-state index contributed by atoms with van der Waals surface area (Å²) in [6, 6.07) is 9.22. The average molecular weight is 502 g/mol. The topological polar surface area (TPSA) is 131 Å². The lowest BCUT2D eigenvalue weighted by molar-refractivity contribution is 0.108. The van der Waals surface area contributed by atoms with E-state index in [0.29, 0.717) is 60.6 Å². The monoisotopic (exact) mass is 501 g/mol. The zero-order valence-electron chi connectivity index (χ0n) is 20.4. The second-order valence-corrected chi connectivity index (χ2v) is 11.2. The fourth-order valence-corrected chi connectivity index (χ4v) is 5.18. The number of anilines is 1. The van der Waals surface area contributed by atoms with Crippen LogP contribution in [0.3, 0.4) is 0 Å². The van der Waals surface area contributed by atoms with Crippen molar-refractivity contribution in [1.82, 2.24) is 20.4 Å². The lowest BCUT2D eigenvalue weighted by atomic mass is 10.1. The highest BCUT2D eigenvalue weighted by molar-refractivity contribution is 7.91. The number of aliphatic hydroxyl groups excluding tert-OH is 1. The second kappa shape index (κ2) is 10.3. The molecule has 4 rings (SSSR count). The Morgan fingerprint density at radius 1 is 1.29 bits per heavy atom. The van der Waals surface area contributed by atoms with Crippen LogP contribution in [0, 0.1) is 13.8 Å². The van der Waals surface area contributed by atoms with Crippen LogP contribution in [0.1, 0.15) is 17.9 Å². The molecule has 188 valence electrons. The van der Waals surface area contributed by atoms with Crippen molar-refractivity contribution in [2.24, 2.45) is 0 Å². The minimum Gasteiger partial charge on any atom is -0.491 e. The van der Waals surface area contributed by atoms with Gasteiger partial charge in [-0.05, 0) is 39.4 Å². The maximum absolute atomic E-state index is 12.1. The van der Waals surface area contributed by atoms with E-state index < -0.39 is 21.2 Å². The van der Waals surface area contributed by atoms with Gasteiger partial charge >= 0.3 is 0 Å². The third kappa shape index (κ3) is 5.80. The van der Waals surface area contributed by atoms with Crippen molar-refractivity contribution in [2.75, 3.05) is 44.4 Å². The molecule has 0 bridgehead atoms. The van der Waals surface area contributed by atoms with Crippen LogP contribution in [0.5, 0.6) is 5.75 Å². The SMILES string of the molecule is CNCC(O)COc1cccc(-c2nc(-c3c(C)noc3C)cc(N3CCC(S(C)(=O)=O)C3)n2)c1. The van der Waals surface area contributed by atoms with E-state index in [0.717, 1.165) is 11.1 Å². The van der Waals surface area contributed by atoms with Crippen LogP contribution < -0.4 is 15.0 Å². The van der Waals surface area contributed by atoms with Gasteiger partial charge in [-0.25, -0.2) is 18.4 Å². The number of aromatic nitrogens is 3. The molecule has 35 heavy (non-hydrogen) atoms. The Balaban J connectivity index is 1.71. The van der Waals surface area contributed by atoms with Gasteiger partial charge in [0.25, 0.3) is 0 Å². The molecule has 0 amide bonds. The van der Waals surface area contributed by atoms with Gasteiger partial charge in [-0.1, -0.05) is 17.3 Å². The van der Waals surface area contributed by atoms with Gasteiger partial charge in [-0.15, -0.1) is 0 Å². The van der Waals surface area contributed by atoms with Gasteiger partial charge in [0.1, 0.15) is 30.0 Å². The normalized spacial score (nSPS) is 17.1. The number of aliphatic hydroxyl groups is 1. The van der Waals surface area contributed by atoms with Crippen molar-refractivity contribution >= 4 is 15.7 Å². The maximum atomic E-state index is 12.1. The second-order valence-electron chi connectivity index (χ2n) is 8.87.